The highest BCUT2D eigenvalue weighted by atomic mass is 32.2. The standard InChI is InChI=1S/C20H25N5O2S/c1-3-27-18-11-10-16(14-19(18)26-2)15-21-12-7-13-28-20-22-23-24-25(20)17-8-5-4-6-9-17/h4-6,8-11,14,21H,3,7,12-13,15H2,1-2H3. The molecular weight excluding hydrogens is 374 g/mol. The van der Waals surface area contributed by atoms with Crippen LogP contribution in [0.25, 0.3) is 5.69 Å². The zero-order valence-corrected chi connectivity index (χ0v) is 17.0. The Morgan fingerprint density at radius 2 is 1.96 bits per heavy atom. The summed E-state index contributed by atoms with van der Waals surface area (Å²) in [5.74, 6) is 2.48. The molecule has 0 amide bonds. The topological polar surface area (TPSA) is 74.1 Å². The summed E-state index contributed by atoms with van der Waals surface area (Å²) >= 11 is 1.66. The molecule has 1 N–H and O–H groups in total. The summed E-state index contributed by atoms with van der Waals surface area (Å²) < 4.78 is 12.7. The molecular formula is C20H25N5O2S. The van der Waals surface area contributed by atoms with Gasteiger partial charge in [0.25, 0.3) is 0 Å². The van der Waals surface area contributed by atoms with E-state index in [2.05, 4.69) is 26.9 Å². The van der Waals surface area contributed by atoms with Crippen molar-refractivity contribution in [3.8, 4) is 17.2 Å². The molecule has 0 aliphatic carbocycles. The first kappa shape index (κ1) is 20.2. The van der Waals surface area contributed by atoms with E-state index < -0.39 is 0 Å². The molecule has 7 nitrogen and oxygen atoms in total. The van der Waals surface area contributed by atoms with Crippen LogP contribution >= 0.6 is 11.8 Å². The Balaban J connectivity index is 1.41. The minimum Gasteiger partial charge on any atom is -0.493 e. The van der Waals surface area contributed by atoms with Gasteiger partial charge in [-0.25, -0.2) is 0 Å². The van der Waals surface area contributed by atoms with E-state index in [0.717, 1.165) is 47.6 Å². The Kier molecular flexibility index (Phi) is 7.69. The van der Waals surface area contributed by atoms with Gasteiger partial charge in [0.05, 0.1) is 19.4 Å². The third-order valence-corrected chi connectivity index (χ3v) is 5.03. The second-order valence-corrected chi connectivity index (χ2v) is 7.07. The highest BCUT2D eigenvalue weighted by molar-refractivity contribution is 7.99. The summed E-state index contributed by atoms with van der Waals surface area (Å²) in [6.07, 6.45) is 1.01. The summed E-state index contributed by atoms with van der Waals surface area (Å²) in [7, 11) is 1.66. The van der Waals surface area contributed by atoms with Gasteiger partial charge >= 0.3 is 0 Å². The van der Waals surface area contributed by atoms with Crippen molar-refractivity contribution in [2.45, 2.75) is 25.0 Å². The van der Waals surface area contributed by atoms with E-state index in [-0.39, 0.29) is 0 Å². The van der Waals surface area contributed by atoms with Gasteiger partial charge in [0.1, 0.15) is 0 Å². The lowest BCUT2D eigenvalue weighted by Gasteiger charge is -2.11. The maximum Gasteiger partial charge on any atom is 0.214 e. The number of ether oxygens (including phenoxy) is 2. The first-order valence-corrected chi connectivity index (χ1v) is 10.3. The molecule has 0 unspecified atom stereocenters. The van der Waals surface area contributed by atoms with Gasteiger partial charge in [-0.1, -0.05) is 36.0 Å². The van der Waals surface area contributed by atoms with Crippen LogP contribution in [0.1, 0.15) is 18.9 Å². The molecule has 1 heterocycles. The van der Waals surface area contributed by atoms with Gasteiger partial charge in [-0.2, -0.15) is 4.68 Å². The predicted octanol–water partition coefficient (Wildman–Crippen LogP) is 3.34. The third kappa shape index (κ3) is 5.46. The minimum atomic E-state index is 0.624. The van der Waals surface area contributed by atoms with Crippen molar-refractivity contribution in [3.63, 3.8) is 0 Å². The van der Waals surface area contributed by atoms with E-state index in [9.17, 15) is 0 Å². The van der Waals surface area contributed by atoms with E-state index in [1.54, 1.807) is 23.6 Å². The van der Waals surface area contributed by atoms with E-state index in [1.165, 1.54) is 5.56 Å². The number of nitrogens with zero attached hydrogens (tertiary/aromatic N) is 4. The van der Waals surface area contributed by atoms with Gasteiger partial charge in [-0.15, -0.1) is 5.10 Å². The number of hydrogen-bond donors (Lipinski definition) is 1. The smallest absolute Gasteiger partial charge is 0.214 e. The van der Waals surface area contributed by atoms with Crippen molar-refractivity contribution in [1.29, 1.82) is 0 Å². The molecule has 0 radical (unpaired) electrons. The summed E-state index contributed by atoms with van der Waals surface area (Å²) in [6, 6.07) is 16.0. The summed E-state index contributed by atoms with van der Waals surface area (Å²) in [6.45, 7) is 4.29. The molecule has 148 valence electrons. The van der Waals surface area contributed by atoms with Gasteiger partial charge in [0.2, 0.25) is 5.16 Å². The molecule has 1 aromatic heterocycles. The number of aromatic nitrogens is 4. The number of nitrogens with one attached hydrogen (secondary N) is 1. The van der Waals surface area contributed by atoms with Crippen molar-refractivity contribution >= 4 is 11.8 Å². The van der Waals surface area contributed by atoms with Gasteiger partial charge in [-0.05, 0) is 60.1 Å². The highest BCUT2D eigenvalue weighted by Gasteiger charge is 2.08. The lowest BCUT2D eigenvalue weighted by molar-refractivity contribution is 0.310. The number of para-hydroxylation sites is 1. The number of thioether (sulfide) groups is 1. The lowest BCUT2D eigenvalue weighted by atomic mass is 10.2. The van der Waals surface area contributed by atoms with Crippen LogP contribution in [0.5, 0.6) is 11.5 Å². The van der Waals surface area contributed by atoms with Crippen LogP contribution in [0.3, 0.4) is 0 Å². The number of tetrazole rings is 1. The lowest BCUT2D eigenvalue weighted by Crippen LogP contribution is -2.15. The fourth-order valence-electron chi connectivity index (χ4n) is 2.69. The van der Waals surface area contributed by atoms with Gasteiger partial charge in [-0.3, -0.25) is 0 Å². The molecule has 0 aliphatic heterocycles. The third-order valence-electron chi connectivity index (χ3n) is 4.03. The molecule has 0 aliphatic rings. The van der Waals surface area contributed by atoms with Gasteiger partial charge in [0, 0.05) is 12.3 Å². The summed E-state index contributed by atoms with van der Waals surface area (Å²) in [5.41, 5.74) is 2.14. The SMILES string of the molecule is CCOc1ccc(CNCCCSc2nnnn2-c2ccccc2)cc1OC. The Labute approximate surface area is 169 Å². The van der Waals surface area contributed by atoms with Crippen LogP contribution in [0.2, 0.25) is 0 Å². The van der Waals surface area contributed by atoms with Crippen molar-refractivity contribution in [2.75, 3.05) is 26.0 Å². The summed E-state index contributed by atoms with van der Waals surface area (Å²) in [4.78, 5) is 0. The zero-order chi connectivity index (χ0) is 19.6. The Bertz CT molecular complexity index is 857. The average molecular weight is 400 g/mol. The molecule has 8 heteroatoms. The van der Waals surface area contributed by atoms with Gasteiger partial charge < -0.3 is 14.8 Å². The van der Waals surface area contributed by atoms with E-state index in [4.69, 9.17) is 9.47 Å². The molecule has 0 bridgehead atoms. The molecule has 2 aromatic carbocycles. The number of hydrogen-bond acceptors (Lipinski definition) is 7. The van der Waals surface area contributed by atoms with Crippen molar-refractivity contribution in [1.82, 2.24) is 25.5 Å². The monoisotopic (exact) mass is 399 g/mol. The Morgan fingerprint density at radius 1 is 1.11 bits per heavy atom. The van der Waals surface area contributed by atoms with Crippen molar-refractivity contribution < 1.29 is 9.47 Å². The largest absolute Gasteiger partial charge is 0.493 e. The van der Waals surface area contributed by atoms with Crippen LogP contribution in [0, 0.1) is 0 Å². The fourth-order valence-corrected chi connectivity index (χ4v) is 3.52. The second-order valence-electron chi connectivity index (χ2n) is 6.01. The first-order valence-electron chi connectivity index (χ1n) is 9.29. The molecule has 0 saturated carbocycles. The van der Waals surface area contributed by atoms with E-state index in [0.29, 0.717) is 6.61 Å². The Morgan fingerprint density at radius 3 is 2.75 bits per heavy atom. The number of rotatable bonds is 11. The normalized spacial score (nSPS) is 10.8. The van der Waals surface area contributed by atoms with Crippen LogP contribution in [-0.4, -0.2) is 46.2 Å². The summed E-state index contributed by atoms with van der Waals surface area (Å²) in [5, 5.41) is 16.3. The van der Waals surface area contributed by atoms with Crippen LogP contribution in [0.4, 0.5) is 0 Å². The van der Waals surface area contributed by atoms with Crippen LogP contribution in [-0.2, 0) is 6.54 Å². The quantitative estimate of drug-likeness (QED) is 0.391. The maximum atomic E-state index is 5.55. The maximum absolute atomic E-state index is 5.55. The second kappa shape index (κ2) is 10.7. The zero-order valence-electron chi connectivity index (χ0n) is 16.2. The molecule has 3 aromatic rings. The molecule has 28 heavy (non-hydrogen) atoms. The number of benzene rings is 2. The highest BCUT2D eigenvalue weighted by Crippen LogP contribution is 2.28. The molecule has 0 fully saturated rings. The Hall–Kier alpha value is -2.58. The first-order chi connectivity index (χ1) is 13.8. The molecule has 3 rings (SSSR count). The van der Waals surface area contributed by atoms with E-state index >= 15 is 0 Å². The predicted molar refractivity (Wildman–Crippen MR) is 110 cm³/mol. The molecule has 0 atom stereocenters. The minimum absolute atomic E-state index is 0.624. The average Bonchev–Trinajstić information content (AvgIpc) is 3.21. The molecule has 0 spiro atoms. The van der Waals surface area contributed by atoms with Gasteiger partial charge in [0.15, 0.2) is 11.5 Å². The number of methoxy groups -OCH3 is 1. The van der Waals surface area contributed by atoms with Crippen molar-refractivity contribution in [3.05, 3.63) is 54.1 Å². The molecule has 0 saturated heterocycles. The van der Waals surface area contributed by atoms with Crippen molar-refractivity contribution in [2.24, 2.45) is 0 Å². The van der Waals surface area contributed by atoms with Crippen LogP contribution < -0.4 is 14.8 Å². The van der Waals surface area contributed by atoms with E-state index in [1.807, 2.05) is 49.4 Å². The fraction of sp³-hybridized carbons (Fsp3) is 0.350. The van der Waals surface area contributed by atoms with Crippen LogP contribution in [0.15, 0.2) is 53.7 Å².